The lowest BCUT2D eigenvalue weighted by Gasteiger charge is -2.04. The van der Waals surface area contributed by atoms with Crippen molar-refractivity contribution in [2.24, 2.45) is 0 Å². The molecule has 3 nitrogen and oxygen atoms in total. The van der Waals surface area contributed by atoms with E-state index in [1.54, 1.807) is 0 Å². The van der Waals surface area contributed by atoms with Gasteiger partial charge in [-0.25, -0.2) is 0 Å². The van der Waals surface area contributed by atoms with Gasteiger partial charge in [-0.2, -0.15) is 9.13 Å². The van der Waals surface area contributed by atoms with E-state index in [2.05, 4.69) is 83.6 Å². The summed E-state index contributed by atoms with van der Waals surface area (Å²) >= 11 is 0. The number of aliphatic hydroxyl groups is 1. The number of aryl methyl sites for hydroxylation is 2. The number of benzene rings is 3. The Morgan fingerprint density at radius 2 is 1.40 bits per heavy atom. The van der Waals surface area contributed by atoms with Crippen molar-refractivity contribution >= 4 is 11.0 Å². The van der Waals surface area contributed by atoms with Crippen LogP contribution in [-0.4, -0.2) is 9.67 Å². The molecule has 3 heteroatoms. The van der Waals surface area contributed by atoms with Crippen molar-refractivity contribution in [1.29, 1.82) is 0 Å². The van der Waals surface area contributed by atoms with Gasteiger partial charge in [0.1, 0.15) is 18.0 Å². The molecule has 0 fully saturated rings. The first-order valence-electron chi connectivity index (χ1n) is 8.48. The third kappa shape index (κ3) is 2.63. The lowest BCUT2D eigenvalue weighted by molar-refractivity contribution is -0.579. The van der Waals surface area contributed by atoms with Gasteiger partial charge in [0, 0.05) is 0 Å². The van der Waals surface area contributed by atoms with Gasteiger partial charge in [-0.3, -0.25) is 0 Å². The first-order valence-corrected chi connectivity index (χ1v) is 8.48. The summed E-state index contributed by atoms with van der Waals surface area (Å²) in [6.07, 6.45) is 0. The van der Waals surface area contributed by atoms with E-state index < -0.39 is 0 Å². The Hall–Kier alpha value is -2.91. The highest BCUT2D eigenvalue weighted by Crippen LogP contribution is 2.22. The normalized spacial score (nSPS) is 11.2. The average molecular weight is 329 g/mol. The monoisotopic (exact) mass is 329 g/mol. The SMILES string of the molecule is Cc1ccc(-n2c(CO)[n+](-c3ccc(C)cc3)c3ccccc32)cc1. The summed E-state index contributed by atoms with van der Waals surface area (Å²) in [5, 5.41) is 10.2. The number of para-hydroxylation sites is 2. The van der Waals surface area contributed by atoms with Crippen LogP contribution in [0.4, 0.5) is 0 Å². The Kier molecular flexibility index (Phi) is 3.86. The fourth-order valence-corrected chi connectivity index (χ4v) is 3.33. The van der Waals surface area contributed by atoms with E-state index in [9.17, 15) is 5.11 Å². The van der Waals surface area contributed by atoms with Crippen LogP contribution < -0.4 is 4.57 Å². The van der Waals surface area contributed by atoms with Crippen molar-refractivity contribution in [2.75, 3.05) is 0 Å². The number of nitrogens with zero attached hydrogens (tertiary/aromatic N) is 2. The Morgan fingerprint density at radius 3 is 2.04 bits per heavy atom. The number of aromatic nitrogens is 2. The van der Waals surface area contributed by atoms with Gasteiger partial charge in [-0.1, -0.05) is 47.5 Å². The Labute approximate surface area is 147 Å². The third-order valence-corrected chi connectivity index (χ3v) is 4.61. The van der Waals surface area contributed by atoms with Crippen molar-refractivity contribution in [3.8, 4) is 11.4 Å². The molecular weight excluding hydrogens is 308 g/mol. The van der Waals surface area contributed by atoms with Crippen molar-refractivity contribution in [2.45, 2.75) is 20.5 Å². The molecule has 0 spiro atoms. The molecule has 4 rings (SSSR count). The molecule has 0 unspecified atom stereocenters. The molecule has 1 N–H and O–H groups in total. The van der Waals surface area contributed by atoms with E-state index in [1.807, 2.05) is 12.1 Å². The van der Waals surface area contributed by atoms with Crippen LogP contribution in [0.2, 0.25) is 0 Å². The second-order valence-corrected chi connectivity index (χ2v) is 6.40. The maximum Gasteiger partial charge on any atom is 0.293 e. The molecule has 1 aromatic heterocycles. The highest BCUT2D eigenvalue weighted by molar-refractivity contribution is 5.75. The molecule has 0 aliphatic carbocycles. The zero-order valence-corrected chi connectivity index (χ0v) is 14.5. The van der Waals surface area contributed by atoms with Crippen LogP contribution in [0, 0.1) is 13.8 Å². The van der Waals surface area contributed by atoms with Gasteiger partial charge in [0.05, 0.1) is 0 Å². The quantitative estimate of drug-likeness (QED) is 0.565. The molecule has 25 heavy (non-hydrogen) atoms. The first-order chi connectivity index (χ1) is 12.2. The van der Waals surface area contributed by atoms with Crippen LogP contribution in [-0.2, 0) is 6.61 Å². The number of imidazole rings is 1. The maximum absolute atomic E-state index is 10.2. The molecule has 0 aliphatic heterocycles. The van der Waals surface area contributed by atoms with Crippen LogP contribution in [0.1, 0.15) is 17.0 Å². The second-order valence-electron chi connectivity index (χ2n) is 6.40. The van der Waals surface area contributed by atoms with Crippen molar-refractivity contribution < 1.29 is 9.67 Å². The minimum absolute atomic E-state index is 0.0452. The Bertz CT molecular complexity index is 946. The van der Waals surface area contributed by atoms with Crippen LogP contribution in [0.25, 0.3) is 22.4 Å². The molecule has 0 radical (unpaired) electrons. The summed E-state index contributed by atoms with van der Waals surface area (Å²) in [5.41, 5.74) is 6.70. The topological polar surface area (TPSA) is 29.0 Å². The lowest BCUT2D eigenvalue weighted by Crippen LogP contribution is -2.35. The van der Waals surface area contributed by atoms with Crippen LogP contribution in [0.15, 0.2) is 72.8 Å². The zero-order chi connectivity index (χ0) is 17.4. The minimum Gasteiger partial charge on any atom is -0.384 e. The maximum atomic E-state index is 10.2. The van der Waals surface area contributed by atoms with Crippen LogP contribution >= 0.6 is 0 Å². The molecule has 3 aromatic carbocycles. The van der Waals surface area contributed by atoms with Crippen molar-refractivity contribution in [3.05, 3.63) is 89.7 Å². The van der Waals surface area contributed by atoms with Gasteiger partial charge < -0.3 is 5.11 Å². The van der Waals surface area contributed by atoms with E-state index in [0.717, 1.165) is 28.2 Å². The van der Waals surface area contributed by atoms with Gasteiger partial charge in [0.2, 0.25) is 0 Å². The third-order valence-electron chi connectivity index (χ3n) is 4.61. The molecule has 124 valence electrons. The predicted molar refractivity (Wildman–Crippen MR) is 100 cm³/mol. The van der Waals surface area contributed by atoms with Gasteiger partial charge in [-0.05, 0) is 50.2 Å². The van der Waals surface area contributed by atoms with E-state index >= 15 is 0 Å². The van der Waals surface area contributed by atoms with Crippen molar-refractivity contribution in [1.82, 2.24) is 4.57 Å². The summed E-state index contributed by atoms with van der Waals surface area (Å²) in [7, 11) is 0. The Balaban J connectivity index is 2.07. The number of rotatable bonds is 3. The van der Waals surface area contributed by atoms with E-state index in [-0.39, 0.29) is 6.61 Å². The summed E-state index contributed by atoms with van der Waals surface area (Å²) in [6, 6.07) is 25.0. The number of aliphatic hydroxyl groups excluding tert-OH is 1. The van der Waals surface area contributed by atoms with Crippen molar-refractivity contribution in [3.63, 3.8) is 0 Å². The lowest BCUT2D eigenvalue weighted by atomic mass is 10.2. The van der Waals surface area contributed by atoms with Crippen LogP contribution in [0.5, 0.6) is 0 Å². The molecule has 0 atom stereocenters. The predicted octanol–water partition coefficient (Wildman–Crippen LogP) is 4.02. The van der Waals surface area contributed by atoms with E-state index in [4.69, 9.17) is 0 Å². The van der Waals surface area contributed by atoms with E-state index in [1.165, 1.54) is 11.1 Å². The minimum atomic E-state index is -0.0452. The second kappa shape index (κ2) is 6.19. The Morgan fingerprint density at radius 1 is 0.800 bits per heavy atom. The van der Waals surface area contributed by atoms with Gasteiger partial charge in [-0.15, -0.1) is 0 Å². The summed E-state index contributed by atoms with van der Waals surface area (Å²) in [4.78, 5) is 0. The van der Waals surface area contributed by atoms with Gasteiger partial charge in [0.25, 0.3) is 5.82 Å². The van der Waals surface area contributed by atoms with Crippen LogP contribution in [0.3, 0.4) is 0 Å². The number of hydrogen-bond donors (Lipinski definition) is 1. The molecule has 0 amide bonds. The highest BCUT2D eigenvalue weighted by atomic mass is 16.3. The molecule has 1 heterocycles. The number of hydrogen-bond acceptors (Lipinski definition) is 1. The summed E-state index contributed by atoms with van der Waals surface area (Å²) in [5.74, 6) is 0.842. The molecular formula is C22H21N2O+. The molecule has 0 saturated heterocycles. The fourth-order valence-electron chi connectivity index (χ4n) is 3.33. The first kappa shape index (κ1) is 15.6. The molecule has 0 aliphatic rings. The summed E-state index contributed by atoms with van der Waals surface area (Å²) in [6.45, 7) is 4.12. The van der Waals surface area contributed by atoms with Gasteiger partial charge in [0.15, 0.2) is 11.0 Å². The largest absolute Gasteiger partial charge is 0.384 e. The zero-order valence-electron chi connectivity index (χ0n) is 14.5. The average Bonchev–Trinajstić information content (AvgIpc) is 2.97. The highest BCUT2D eigenvalue weighted by Gasteiger charge is 2.26. The van der Waals surface area contributed by atoms with Gasteiger partial charge >= 0.3 is 0 Å². The standard InChI is InChI=1S/C22H21N2O/c1-16-7-11-18(12-8-16)23-20-5-3-4-6-21(20)24(22(23)15-25)19-13-9-17(2)10-14-19/h3-14,25H,15H2,1-2H3/q+1. The molecule has 4 aromatic rings. The molecule has 0 bridgehead atoms. The van der Waals surface area contributed by atoms with E-state index in [0.29, 0.717) is 0 Å². The number of fused-ring (bicyclic) bond motifs is 1. The smallest absolute Gasteiger partial charge is 0.293 e. The molecule has 0 saturated carbocycles. The summed E-state index contributed by atoms with van der Waals surface area (Å²) < 4.78 is 4.27. The fraction of sp³-hybridized carbons (Fsp3) is 0.136.